The Kier molecular flexibility index (Phi) is 5.13. The Hall–Kier alpha value is -2.00. The van der Waals surface area contributed by atoms with Crippen molar-refractivity contribution >= 4 is 15.9 Å². The number of hydrogen-bond donors (Lipinski definition) is 1. The molecule has 8 nitrogen and oxygen atoms in total. The van der Waals surface area contributed by atoms with Gasteiger partial charge in [0.25, 0.3) is 5.56 Å². The molecule has 9 heteroatoms. The standard InChI is InChI=1S/C19H26N4O4S/c1-28(26,27)23-10-8-15-16(12-23)20-17(21-18(15)24)14-7-9-22(11-14)19(25)13-5-3-2-4-6-13/h2-3,13-14H,4-12H2,1H3,(H,20,21,24)/t13-,14+/m1/s1. The number of aromatic nitrogens is 2. The molecule has 0 saturated carbocycles. The van der Waals surface area contributed by atoms with E-state index in [0.717, 1.165) is 25.7 Å². The van der Waals surface area contributed by atoms with Gasteiger partial charge >= 0.3 is 0 Å². The first-order valence-electron chi connectivity index (χ1n) is 9.84. The highest BCUT2D eigenvalue weighted by atomic mass is 32.2. The molecule has 3 aliphatic rings. The zero-order chi connectivity index (χ0) is 19.9. The zero-order valence-electron chi connectivity index (χ0n) is 16.1. The largest absolute Gasteiger partial charge is 0.342 e. The Morgan fingerprint density at radius 2 is 2.07 bits per heavy atom. The van der Waals surface area contributed by atoms with E-state index < -0.39 is 10.0 Å². The number of nitrogens with zero attached hydrogens (tertiary/aromatic N) is 3. The number of hydrogen-bond acceptors (Lipinski definition) is 5. The van der Waals surface area contributed by atoms with Gasteiger partial charge in [0.15, 0.2) is 0 Å². The average molecular weight is 407 g/mol. The molecule has 1 amide bonds. The first-order chi connectivity index (χ1) is 13.3. The molecule has 0 unspecified atom stereocenters. The summed E-state index contributed by atoms with van der Waals surface area (Å²) in [5.74, 6) is 0.797. The fourth-order valence-corrected chi connectivity index (χ4v) is 5.15. The predicted molar refractivity (Wildman–Crippen MR) is 104 cm³/mol. The van der Waals surface area contributed by atoms with Gasteiger partial charge in [-0.2, -0.15) is 4.31 Å². The summed E-state index contributed by atoms with van der Waals surface area (Å²) in [6, 6.07) is 0. The van der Waals surface area contributed by atoms with E-state index in [1.54, 1.807) is 0 Å². The Morgan fingerprint density at radius 1 is 1.25 bits per heavy atom. The Morgan fingerprint density at radius 3 is 2.79 bits per heavy atom. The first kappa shape index (κ1) is 19.3. The van der Waals surface area contributed by atoms with Crippen molar-refractivity contribution in [1.29, 1.82) is 0 Å². The van der Waals surface area contributed by atoms with E-state index in [1.807, 2.05) is 4.90 Å². The highest BCUT2D eigenvalue weighted by molar-refractivity contribution is 7.88. The van der Waals surface area contributed by atoms with Crippen molar-refractivity contribution in [3.05, 3.63) is 39.6 Å². The lowest BCUT2D eigenvalue weighted by atomic mass is 9.93. The van der Waals surface area contributed by atoms with Crippen LogP contribution in [0.25, 0.3) is 0 Å². The van der Waals surface area contributed by atoms with Gasteiger partial charge in [-0.05, 0) is 32.1 Å². The lowest BCUT2D eigenvalue weighted by Crippen LogP contribution is -2.39. The molecular weight excluding hydrogens is 380 g/mol. The lowest BCUT2D eigenvalue weighted by Gasteiger charge is -2.26. The van der Waals surface area contributed by atoms with Gasteiger partial charge in [-0.3, -0.25) is 9.59 Å². The van der Waals surface area contributed by atoms with Crippen LogP contribution < -0.4 is 5.56 Å². The third-order valence-electron chi connectivity index (χ3n) is 6.03. The van der Waals surface area contributed by atoms with Gasteiger partial charge < -0.3 is 9.88 Å². The summed E-state index contributed by atoms with van der Waals surface area (Å²) < 4.78 is 25.1. The number of rotatable bonds is 3. The number of likely N-dealkylation sites (tertiary alicyclic amines) is 1. The van der Waals surface area contributed by atoms with E-state index >= 15 is 0 Å². The molecule has 3 heterocycles. The summed E-state index contributed by atoms with van der Waals surface area (Å²) in [6.07, 6.45) is 9.15. The molecule has 0 radical (unpaired) electrons. The molecule has 4 rings (SSSR count). The van der Waals surface area contributed by atoms with E-state index in [0.29, 0.717) is 43.1 Å². The van der Waals surface area contributed by atoms with Crippen LogP contribution in [0.5, 0.6) is 0 Å². The van der Waals surface area contributed by atoms with Crippen molar-refractivity contribution in [3.8, 4) is 0 Å². The van der Waals surface area contributed by atoms with E-state index in [4.69, 9.17) is 0 Å². The smallest absolute Gasteiger partial charge is 0.254 e. The monoisotopic (exact) mass is 406 g/mol. The normalized spacial score (nSPS) is 25.7. The number of H-pyrrole nitrogens is 1. The van der Waals surface area contributed by atoms with Crippen LogP contribution in [0.3, 0.4) is 0 Å². The third kappa shape index (κ3) is 3.77. The molecular formula is C19H26N4O4S. The molecule has 2 atom stereocenters. The summed E-state index contributed by atoms with van der Waals surface area (Å²) >= 11 is 0. The number of carbonyl (C=O) groups is 1. The second-order valence-corrected chi connectivity index (χ2v) is 9.96. The van der Waals surface area contributed by atoms with Gasteiger partial charge in [0.2, 0.25) is 15.9 Å². The number of nitrogens with one attached hydrogen (secondary N) is 1. The fraction of sp³-hybridized carbons (Fsp3) is 0.632. The summed E-state index contributed by atoms with van der Waals surface area (Å²) in [5, 5.41) is 0. The van der Waals surface area contributed by atoms with Gasteiger partial charge in [0, 0.05) is 37.0 Å². The van der Waals surface area contributed by atoms with Crippen LogP contribution in [0.2, 0.25) is 0 Å². The number of carbonyl (C=O) groups excluding carboxylic acids is 1. The van der Waals surface area contributed by atoms with Crippen molar-refractivity contribution in [2.45, 2.75) is 44.6 Å². The predicted octanol–water partition coefficient (Wildman–Crippen LogP) is 0.760. The van der Waals surface area contributed by atoms with E-state index in [-0.39, 0.29) is 29.8 Å². The SMILES string of the molecule is CS(=O)(=O)N1CCc2c(nc([C@H]3CCN(C(=O)[C@@H]4CC=CCC4)C3)[nH]c2=O)C1. The molecule has 1 fully saturated rings. The van der Waals surface area contributed by atoms with Crippen molar-refractivity contribution in [1.82, 2.24) is 19.2 Å². The quantitative estimate of drug-likeness (QED) is 0.747. The van der Waals surface area contributed by atoms with Gasteiger partial charge in [0.05, 0.1) is 18.5 Å². The van der Waals surface area contributed by atoms with Crippen molar-refractivity contribution in [3.63, 3.8) is 0 Å². The van der Waals surface area contributed by atoms with E-state index in [9.17, 15) is 18.0 Å². The van der Waals surface area contributed by atoms with Crippen LogP contribution >= 0.6 is 0 Å². The molecule has 1 N–H and O–H groups in total. The van der Waals surface area contributed by atoms with E-state index in [1.165, 1.54) is 10.6 Å². The number of sulfonamides is 1. The molecule has 1 aromatic heterocycles. The maximum atomic E-state index is 12.8. The second kappa shape index (κ2) is 7.44. The second-order valence-electron chi connectivity index (χ2n) is 7.97. The lowest BCUT2D eigenvalue weighted by molar-refractivity contribution is -0.134. The van der Waals surface area contributed by atoms with Crippen LogP contribution in [0, 0.1) is 5.92 Å². The van der Waals surface area contributed by atoms with Crippen LogP contribution in [0.4, 0.5) is 0 Å². The van der Waals surface area contributed by atoms with Crippen LogP contribution in [-0.2, 0) is 27.8 Å². The molecule has 1 aromatic rings. The Labute approximate surface area is 164 Å². The van der Waals surface area contributed by atoms with Gasteiger partial charge in [0.1, 0.15) is 5.82 Å². The third-order valence-corrected chi connectivity index (χ3v) is 7.28. The Balaban J connectivity index is 1.51. The van der Waals surface area contributed by atoms with Crippen molar-refractivity contribution in [2.24, 2.45) is 5.92 Å². The molecule has 28 heavy (non-hydrogen) atoms. The maximum Gasteiger partial charge on any atom is 0.254 e. The molecule has 2 aliphatic heterocycles. The molecule has 0 bridgehead atoms. The van der Waals surface area contributed by atoms with E-state index in [2.05, 4.69) is 22.1 Å². The van der Waals surface area contributed by atoms with Crippen LogP contribution in [-0.4, -0.2) is 59.4 Å². The van der Waals surface area contributed by atoms with Gasteiger partial charge in [-0.15, -0.1) is 0 Å². The van der Waals surface area contributed by atoms with Gasteiger partial charge in [-0.1, -0.05) is 12.2 Å². The summed E-state index contributed by atoms with van der Waals surface area (Å²) in [7, 11) is -3.32. The molecule has 1 aliphatic carbocycles. The molecule has 0 spiro atoms. The van der Waals surface area contributed by atoms with Crippen molar-refractivity contribution in [2.75, 3.05) is 25.9 Å². The first-order valence-corrected chi connectivity index (χ1v) is 11.7. The topological polar surface area (TPSA) is 103 Å². The highest BCUT2D eigenvalue weighted by Gasteiger charge is 2.34. The molecule has 0 aromatic carbocycles. The Bertz CT molecular complexity index is 969. The average Bonchev–Trinajstić information content (AvgIpc) is 3.17. The summed E-state index contributed by atoms with van der Waals surface area (Å²) in [5.41, 5.74) is 0.927. The maximum absolute atomic E-state index is 12.8. The van der Waals surface area contributed by atoms with Crippen LogP contribution in [0.1, 0.15) is 48.7 Å². The highest BCUT2D eigenvalue weighted by Crippen LogP contribution is 2.29. The summed E-state index contributed by atoms with van der Waals surface area (Å²) in [4.78, 5) is 34.7. The summed E-state index contributed by atoms with van der Waals surface area (Å²) in [6.45, 7) is 1.66. The minimum Gasteiger partial charge on any atom is -0.342 e. The zero-order valence-corrected chi connectivity index (χ0v) is 16.9. The minimum atomic E-state index is -3.32. The minimum absolute atomic E-state index is 0.0188. The number of amides is 1. The van der Waals surface area contributed by atoms with Gasteiger partial charge in [-0.25, -0.2) is 13.4 Å². The fourth-order valence-electron chi connectivity index (χ4n) is 4.37. The van der Waals surface area contributed by atoms with Crippen molar-refractivity contribution < 1.29 is 13.2 Å². The molecule has 1 saturated heterocycles. The number of allylic oxidation sites excluding steroid dienone is 2. The van der Waals surface area contributed by atoms with Crippen LogP contribution in [0.15, 0.2) is 16.9 Å². The number of fused-ring (bicyclic) bond motifs is 1. The number of aromatic amines is 1. The molecule has 152 valence electrons.